The quantitative estimate of drug-likeness (QED) is 0.697. The van der Waals surface area contributed by atoms with Crippen LogP contribution in [-0.2, 0) is 18.4 Å². The Morgan fingerprint density at radius 1 is 1.29 bits per heavy atom. The lowest BCUT2D eigenvalue weighted by Gasteiger charge is -2.37. The molecule has 8 heteroatoms. The Bertz CT molecular complexity index is 983. The van der Waals surface area contributed by atoms with Gasteiger partial charge in [0.15, 0.2) is 5.65 Å². The molecule has 8 nitrogen and oxygen atoms in total. The van der Waals surface area contributed by atoms with Crippen molar-refractivity contribution in [1.29, 1.82) is 0 Å². The highest BCUT2D eigenvalue weighted by atomic mass is 16.6. The van der Waals surface area contributed by atoms with Crippen LogP contribution >= 0.6 is 0 Å². The van der Waals surface area contributed by atoms with Crippen LogP contribution in [0.15, 0.2) is 42.6 Å². The minimum absolute atomic E-state index is 0.0295. The maximum Gasteiger partial charge on any atom is 0.410 e. The molecule has 1 aliphatic rings. The van der Waals surface area contributed by atoms with Gasteiger partial charge in [0.1, 0.15) is 12.7 Å². The molecule has 1 amide bonds. The number of rotatable bonds is 5. The molecule has 1 aliphatic heterocycles. The number of likely N-dealkylation sites (tertiary alicyclic amines) is 1. The van der Waals surface area contributed by atoms with Crippen molar-refractivity contribution in [3.63, 3.8) is 0 Å². The average Bonchev–Trinajstić information content (AvgIpc) is 3.02. The predicted octanol–water partition coefficient (Wildman–Crippen LogP) is 1.73. The first-order chi connectivity index (χ1) is 13.6. The summed E-state index contributed by atoms with van der Waals surface area (Å²) in [6.07, 6.45) is 0.241. The summed E-state index contributed by atoms with van der Waals surface area (Å²) in [7, 11) is 1.79. The second kappa shape index (κ2) is 7.57. The van der Waals surface area contributed by atoms with Crippen molar-refractivity contribution in [3.8, 4) is 0 Å². The Morgan fingerprint density at radius 3 is 2.75 bits per heavy atom. The molecule has 2 aromatic heterocycles. The van der Waals surface area contributed by atoms with Crippen LogP contribution in [0, 0.1) is 0 Å². The number of fused-ring (bicyclic) bond motifs is 1. The number of ether oxygens (including phenoxy) is 1. The van der Waals surface area contributed by atoms with Crippen molar-refractivity contribution in [2.24, 2.45) is 7.05 Å². The van der Waals surface area contributed by atoms with Crippen LogP contribution in [0.25, 0.3) is 11.0 Å². The van der Waals surface area contributed by atoms with E-state index in [1.165, 1.54) is 0 Å². The number of amides is 1. The van der Waals surface area contributed by atoms with Crippen LogP contribution in [0.1, 0.15) is 28.8 Å². The molecule has 4 rings (SSSR count). The van der Waals surface area contributed by atoms with Crippen molar-refractivity contribution in [1.82, 2.24) is 19.7 Å². The molecule has 2 N–H and O–H groups in total. The topological polar surface area (TPSA) is 101 Å². The van der Waals surface area contributed by atoms with Crippen LogP contribution in [0.2, 0.25) is 0 Å². The summed E-state index contributed by atoms with van der Waals surface area (Å²) in [6.45, 7) is 0.840. The lowest BCUT2D eigenvalue weighted by molar-refractivity contribution is 0.0657. The normalized spacial score (nSPS) is 15.5. The van der Waals surface area contributed by atoms with E-state index in [-0.39, 0.29) is 25.2 Å². The van der Waals surface area contributed by atoms with Crippen molar-refractivity contribution < 1.29 is 19.7 Å². The van der Waals surface area contributed by atoms with Crippen molar-refractivity contribution in [2.45, 2.75) is 18.6 Å². The van der Waals surface area contributed by atoms with Crippen LogP contribution in [0.5, 0.6) is 0 Å². The van der Waals surface area contributed by atoms with Gasteiger partial charge in [0.05, 0.1) is 12.3 Å². The van der Waals surface area contributed by atoms with E-state index < -0.39 is 6.10 Å². The van der Waals surface area contributed by atoms with Gasteiger partial charge >= 0.3 is 6.09 Å². The van der Waals surface area contributed by atoms with Gasteiger partial charge in [-0.1, -0.05) is 30.3 Å². The first kappa shape index (κ1) is 18.4. The monoisotopic (exact) mass is 382 g/mol. The van der Waals surface area contributed by atoms with Gasteiger partial charge in [-0.2, -0.15) is 5.10 Å². The van der Waals surface area contributed by atoms with Crippen LogP contribution in [0.4, 0.5) is 4.79 Å². The molecule has 1 aromatic carbocycles. The molecule has 0 aliphatic carbocycles. The molecular formula is C20H22N4O4. The molecule has 146 valence electrons. The molecule has 3 heterocycles. The molecule has 28 heavy (non-hydrogen) atoms. The minimum atomic E-state index is -1.000. The highest BCUT2D eigenvalue weighted by Crippen LogP contribution is 2.34. The SMILES string of the molecule is Cn1nc(C2CN(C(=O)OCc3ccccc3)C2)c2c(C(O)CO)ccnc21. The number of carbonyl (C=O) groups excluding carboxylic acids is 1. The zero-order valence-corrected chi connectivity index (χ0v) is 15.5. The van der Waals surface area contributed by atoms with Crippen LogP contribution < -0.4 is 0 Å². The Labute approximate surface area is 162 Å². The maximum atomic E-state index is 12.3. The zero-order chi connectivity index (χ0) is 19.7. The van der Waals surface area contributed by atoms with E-state index in [2.05, 4.69) is 10.1 Å². The minimum Gasteiger partial charge on any atom is -0.445 e. The number of aromatic nitrogens is 3. The molecule has 1 fully saturated rings. The Hall–Kier alpha value is -2.97. The van der Waals surface area contributed by atoms with Gasteiger partial charge < -0.3 is 19.8 Å². The molecule has 1 unspecified atom stereocenters. The van der Waals surface area contributed by atoms with Gasteiger partial charge in [-0.15, -0.1) is 0 Å². The number of hydrogen-bond acceptors (Lipinski definition) is 6. The van der Waals surface area contributed by atoms with E-state index in [1.54, 1.807) is 28.9 Å². The summed E-state index contributed by atoms with van der Waals surface area (Å²) in [4.78, 5) is 18.2. The fourth-order valence-corrected chi connectivity index (χ4v) is 3.50. The summed E-state index contributed by atoms with van der Waals surface area (Å²) >= 11 is 0. The molecule has 1 atom stereocenters. The highest BCUT2D eigenvalue weighted by molar-refractivity contribution is 5.83. The lowest BCUT2D eigenvalue weighted by atomic mass is 9.92. The molecular weight excluding hydrogens is 360 g/mol. The summed E-state index contributed by atoms with van der Waals surface area (Å²) < 4.78 is 7.03. The largest absolute Gasteiger partial charge is 0.445 e. The smallest absolute Gasteiger partial charge is 0.410 e. The standard InChI is InChI=1S/C20H22N4O4/c1-23-19-17(15(7-8-21-19)16(26)11-25)18(22-23)14-9-24(10-14)20(27)28-12-13-5-3-2-4-6-13/h2-8,14,16,25-26H,9-12H2,1H3. The van der Waals surface area contributed by atoms with Gasteiger partial charge in [-0.05, 0) is 17.2 Å². The lowest BCUT2D eigenvalue weighted by Crippen LogP contribution is -2.48. The number of aliphatic hydroxyl groups excluding tert-OH is 2. The number of aliphatic hydroxyl groups is 2. The number of aryl methyl sites for hydroxylation is 1. The van der Waals surface area contributed by atoms with Gasteiger partial charge in [0.2, 0.25) is 0 Å². The maximum absolute atomic E-state index is 12.3. The molecule has 0 spiro atoms. The van der Waals surface area contributed by atoms with Gasteiger partial charge in [0, 0.05) is 37.6 Å². The van der Waals surface area contributed by atoms with E-state index in [0.717, 1.165) is 16.6 Å². The third kappa shape index (κ3) is 3.32. The van der Waals surface area contributed by atoms with E-state index in [0.29, 0.717) is 24.3 Å². The van der Waals surface area contributed by atoms with E-state index >= 15 is 0 Å². The van der Waals surface area contributed by atoms with Gasteiger partial charge in [0.25, 0.3) is 0 Å². The average molecular weight is 382 g/mol. The second-order valence-electron chi connectivity index (χ2n) is 6.95. The van der Waals surface area contributed by atoms with Crippen molar-refractivity contribution >= 4 is 17.1 Å². The number of pyridine rings is 1. The number of carbonyl (C=O) groups is 1. The zero-order valence-electron chi connectivity index (χ0n) is 15.5. The van der Waals surface area contributed by atoms with Gasteiger partial charge in [-0.25, -0.2) is 9.78 Å². The molecule has 0 bridgehead atoms. The fraction of sp³-hybridized carbons (Fsp3) is 0.350. The predicted molar refractivity (Wildman–Crippen MR) is 101 cm³/mol. The van der Waals surface area contributed by atoms with Crippen LogP contribution in [0.3, 0.4) is 0 Å². The van der Waals surface area contributed by atoms with E-state index in [9.17, 15) is 15.0 Å². The summed E-state index contributed by atoms with van der Waals surface area (Å²) in [5, 5.41) is 24.8. The number of benzene rings is 1. The Balaban J connectivity index is 1.47. The Kier molecular flexibility index (Phi) is 4.97. The van der Waals surface area contributed by atoms with Crippen molar-refractivity contribution in [2.75, 3.05) is 19.7 Å². The van der Waals surface area contributed by atoms with E-state index in [4.69, 9.17) is 4.74 Å². The third-order valence-electron chi connectivity index (χ3n) is 5.05. The summed E-state index contributed by atoms with van der Waals surface area (Å²) in [6, 6.07) is 11.2. The van der Waals surface area contributed by atoms with Gasteiger partial charge in [-0.3, -0.25) is 4.68 Å². The fourth-order valence-electron chi connectivity index (χ4n) is 3.50. The molecule has 1 saturated heterocycles. The molecule has 0 radical (unpaired) electrons. The third-order valence-corrected chi connectivity index (χ3v) is 5.05. The summed E-state index contributed by atoms with van der Waals surface area (Å²) in [5.41, 5.74) is 2.96. The first-order valence-electron chi connectivity index (χ1n) is 9.14. The molecule has 3 aromatic rings. The number of nitrogens with zero attached hydrogens (tertiary/aromatic N) is 4. The Morgan fingerprint density at radius 2 is 2.04 bits per heavy atom. The van der Waals surface area contributed by atoms with Crippen LogP contribution in [-0.4, -0.2) is 55.7 Å². The summed E-state index contributed by atoms with van der Waals surface area (Å²) in [5.74, 6) is 0.0295. The second-order valence-corrected chi connectivity index (χ2v) is 6.95. The van der Waals surface area contributed by atoms with E-state index in [1.807, 2.05) is 30.3 Å². The number of hydrogen-bond donors (Lipinski definition) is 2. The first-order valence-corrected chi connectivity index (χ1v) is 9.14. The molecule has 0 saturated carbocycles. The van der Waals surface area contributed by atoms with Crippen molar-refractivity contribution in [3.05, 3.63) is 59.4 Å². The highest BCUT2D eigenvalue weighted by Gasteiger charge is 2.36.